The predicted octanol–water partition coefficient (Wildman–Crippen LogP) is 2.01. The van der Waals surface area contributed by atoms with Gasteiger partial charge < -0.3 is 15.0 Å². The Morgan fingerprint density at radius 3 is 3.04 bits per heavy atom. The first-order chi connectivity index (χ1) is 11.6. The van der Waals surface area contributed by atoms with Crippen LogP contribution in [0, 0.1) is 0 Å². The van der Waals surface area contributed by atoms with Gasteiger partial charge in [0.15, 0.2) is 6.10 Å². The Bertz CT molecular complexity index is 718. The van der Waals surface area contributed by atoms with Crippen molar-refractivity contribution in [1.82, 2.24) is 10.3 Å². The molecule has 6 nitrogen and oxygen atoms in total. The number of carbonyl (C=O) groups excluding carboxylic acids is 2. The number of para-hydroxylation sites is 2. The third-order valence-corrected chi connectivity index (χ3v) is 4.62. The number of thiazole rings is 1. The molecule has 126 valence electrons. The predicted molar refractivity (Wildman–Crippen MR) is 92.3 cm³/mol. The van der Waals surface area contributed by atoms with Gasteiger partial charge in [-0.05, 0) is 19.1 Å². The van der Waals surface area contributed by atoms with Gasteiger partial charge in [0.1, 0.15) is 5.75 Å². The third-order valence-electron chi connectivity index (χ3n) is 3.78. The van der Waals surface area contributed by atoms with Crippen LogP contribution in [0.1, 0.15) is 18.4 Å². The van der Waals surface area contributed by atoms with Gasteiger partial charge in [0.05, 0.1) is 10.7 Å². The second-order valence-electron chi connectivity index (χ2n) is 5.49. The summed E-state index contributed by atoms with van der Waals surface area (Å²) in [7, 11) is 0. The minimum atomic E-state index is -0.534. The number of carbonyl (C=O) groups is 2. The maximum absolute atomic E-state index is 12.3. The van der Waals surface area contributed by atoms with Crippen LogP contribution >= 0.6 is 11.3 Å². The Hall–Kier alpha value is -2.41. The molecule has 1 aliphatic rings. The molecule has 2 aromatic rings. The standard InChI is InChI=1S/C17H19N3O3S/c1-12-17(22)20(13-4-2-3-5-14(13)23-12)10-7-15(21)18-8-6-16-19-9-11-24-16/h2-5,9,11-12H,6-8,10H2,1H3,(H,18,21)/t12-/m0/s1. The number of nitrogens with one attached hydrogen (secondary N) is 1. The van der Waals surface area contributed by atoms with E-state index in [4.69, 9.17) is 4.74 Å². The summed E-state index contributed by atoms with van der Waals surface area (Å²) in [6.07, 6.45) is 2.20. The molecule has 1 N–H and O–H groups in total. The fourth-order valence-corrected chi connectivity index (χ4v) is 3.20. The number of aromatic nitrogens is 1. The highest BCUT2D eigenvalue weighted by Gasteiger charge is 2.31. The first-order valence-electron chi connectivity index (χ1n) is 7.87. The van der Waals surface area contributed by atoms with E-state index >= 15 is 0 Å². The molecule has 3 rings (SSSR count). The third kappa shape index (κ3) is 3.73. The first kappa shape index (κ1) is 16.4. The highest BCUT2D eigenvalue weighted by atomic mass is 32.1. The van der Waals surface area contributed by atoms with Gasteiger partial charge in [-0.3, -0.25) is 9.59 Å². The van der Waals surface area contributed by atoms with Crippen molar-refractivity contribution < 1.29 is 14.3 Å². The summed E-state index contributed by atoms with van der Waals surface area (Å²) < 4.78 is 5.59. The van der Waals surface area contributed by atoms with Crippen molar-refractivity contribution in [3.8, 4) is 5.75 Å². The molecule has 0 unspecified atom stereocenters. The van der Waals surface area contributed by atoms with Crippen LogP contribution in [0.3, 0.4) is 0 Å². The topological polar surface area (TPSA) is 71.5 Å². The summed E-state index contributed by atoms with van der Waals surface area (Å²) in [5.74, 6) is 0.481. The summed E-state index contributed by atoms with van der Waals surface area (Å²) in [5.41, 5.74) is 0.719. The number of fused-ring (bicyclic) bond motifs is 1. The Morgan fingerprint density at radius 1 is 1.42 bits per heavy atom. The average Bonchev–Trinajstić information content (AvgIpc) is 3.09. The molecular formula is C17H19N3O3S. The quantitative estimate of drug-likeness (QED) is 0.869. The van der Waals surface area contributed by atoms with E-state index in [9.17, 15) is 9.59 Å². The normalized spacial score (nSPS) is 16.5. The molecule has 0 saturated heterocycles. The van der Waals surface area contributed by atoms with Crippen molar-refractivity contribution in [3.63, 3.8) is 0 Å². The number of benzene rings is 1. The lowest BCUT2D eigenvalue weighted by Crippen LogP contribution is -2.45. The molecule has 0 aliphatic carbocycles. The molecule has 0 fully saturated rings. The molecule has 1 atom stereocenters. The molecule has 1 aliphatic heterocycles. The van der Waals surface area contributed by atoms with E-state index < -0.39 is 6.10 Å². The van der Waals surface area contributed by atoms with Crippen LogP contribution in [0.15, 0.2) is 35.8 Å². The molecule has 0 spiro atoms. The molecule has 1 aromatic heterocycles. The molecule has 2 heterocycles. The summed E-state index contributed by atoms with van der Waals surface area (Å²) in [6, 6.07) is 7.39. The van der Waals surface area contributed by atoms with E-state index in [1.54, 1.807) is 29.4 Å². The second kappa shape index (κ2) is 7.44. The number of hydrogen-bond acceptors (Lipinski definition) is 5. The van der Waals surface area contributed by atoms with E-state index in [0.29, 0.717) is 18.8 Å². The van der Waals surface area contributed by atoms with Crippen molar-refractivity contribution in [1.29, 1.82) is 0 Å². The van der Waals surface area contributed by atoms with Gasteiger partial charge in [-0.15, -0.1) is 11.3 Å². The van der Waals surface area contributed by atoms with E-state index in [-0.39, 0.29) is 18.2 Å². The van der Waals surface area contributed by atoms with Crippen LogP contribution in [0.4, 0.5) is 5.69 Å². The lowest BCUT2D eigenvalue weighted by atomic mass is 10.1. The summed E-state index contributed by atoms with van der Waals surface area (Å²) >= 11 is 1.57. The van der Waals surface area contributed by atoms with Crippen LogP contribution in [0.5, 0.6) is 5.75 Å². The zero-order chi connectivity index (χ0) is 16.9. The average molecular weight is 345 g/mol. The van der Waals surface area contributed by atoms with Crippen molar-refractivity contribution in [2.75, 3.05) is 18.0 Å². The van der Waals surface area contributed by atoms with Crippen LogP contribution < -0.4 is 15.0 Å². The van der Waals surface area contributed by atoms with E-state index in [1.165, 1.54) is 0 Å². The smallest absolute Gasteiger partial charge is 0.267 e. The second-order valence-corrected chi connectivity index (χ2v) is 6.47. The zero-order valence-electron chi connectivity index (χ0n) is 13.4. The molecule has 0 radical (unpaired) electrons. The summed E-state index contributed by atoms with van der Waals surface area (Å²) in [5, 5.41) is 5.79. The van der Waals surface area contributed by atoms with Gasteiger partial charge in [0.25, 0.3) is 5.91 Å². The number of rotatable bonds is 6. The maximum Gasteiger partial charge on any atom is 0.267 e. The molecule has 0 bridgehead atoms. The number of nitrogens with zero attached hydrogens (tertiary/aromatic N) is 2. The van der Waals surface area contributed by atoms with Crippen molar-refractivity contribution in [2.45, 2.75) is 25.9 Å². The minimum Gasteiger partial charge on any atom is -0.479 e. The minimum absolute atomic E-state index is 0.0732. The zero-order valence-corrected chi connectivity index (χ0v) is 14.2. The van der Waals surface area contributed by atoms with Gasteiger partial charge >= 0.3 is 0 Å². The summed E-state index contributed by atoms with van der Waals surface area (Å²) in [4.78, 5) is 30.2. The Labute approximate surface area is 144 Å². The fraction of sp³-hybridized carbons (Fsp3) is 0.353. The molecule has 0 saturated carbocycles. The SMILES string of the molecule is C[C@@H]1Oc2ccccc2N(CCC(=O)NCCc2nccs2)C1=O. The van der Waals surface area contributed by atoms with Crippen LogP contribution in [-0.2, 0) is 16.0 Å². The maximum atomic E-state index is 12.3. The lowest BCUT2D eigenvalue weighted by Gasteiger charge is -2.32. The van der Waals surface area contributed by atoms with Crippen LogP contribution in [0.2, 0.25) is 0 Å². The van der Waals surface area contributed by atoms with Crippen molar-refractivity contribution in [3.05, 3.63) is 40.8 Å². The highest BCUT2D eigenvalue weighted by Crippen LogP contribution is 2.33. The Balaban J connectivity index is 1.53. The molecular weight excluding hydrogens is 326 g/mol. The first-order valence-corrected chi connectivity index (χ1v) is 8.75. The Kier molecular flexibility index (Phi) is 5.10. The highest BCUT2D eigenvalue weighted by molar-refractivity contribution is 7.09. The van der Waals surface area contributed by atoms with Gasteiger partial charge in [-0.25, -0.2) is 4.98 Å². The van der Waals surface area contributed by atoms with Crippen LogP contribution in [-0.4, -0.2) is 36.0 Å². The number of amides is 2. The number of hydrogen-bond donors (Lipinski definition) is 1. The van der Waals surface area contributed by atoms with E-state index in [1.807, 2.05) is 29.6 Å². The van der Waals surface area contributed by atoms with Crippen molar-refractivity contribution in [2.24, 2.45) is 0 Å². The van der Waals surface area contributed by atoms with Crippen LogP contribution in [0.25, 0.3) is 0 Å². The fourth-order valence-electron chi connectivity index (χ4n) is 2.58. The lowest BCUT2D eigenvalue weighted by molar-refractivity contribution is -0.125. The molecule has 2 amide bonds. The molecule has 1 aromatic carbocycles. The van der Waals surface area contributed by atoms with E-state index in [0.717, 1.165) is 17.1 Å². The molecule has 7 heteroatoms. The largest absolute Gasteiger partial charge is 0.479 e. The monoisotopic (exact) mass is 345 g/mol. The number of ether oxygens (including phenoxy) is 1. The van der Waals surface area contributed by atoms with Gasteiger partial charge in [0.2, 0.25) is 5.91 Å². The van der Waals surface area contributed by atoms with Gasteiger partial charge in [-0.1, -0.05) is 12.1 Å². The number of anilines is 1. The Morgan fingerprint density at radius 2 is 2.25 bits per heavy atom. The van der Waals surface area contributed by atoms with E-state index in [2.05, 4.69) is 10.3 Å². The van der Waals surface area contributed by atoms with Gasteiger partial charge in [-0.2, -0.15) is 0 Å². The summed E-state index contributed by atoms with van der Waals surface area (Å²) in [6.45, 7) is 2.61. The molecule has 24 heavy (non-hydrogen) atoms. The van der Waals surface area contributed by atoms with Crippen molar-refractivity contribution >= 4 is 28.8 Å². The van der Waals surface area contributed by atoms with Gasteiger partial charge in [0, 0.05) is 37.5 Å².